The van der Waals surface area contributed by atoms with Gasteiger partial charge in [-0.3, -0.25) is 9.59 Å². The zero-order valence-electron chi connectivity index (χ0n) is 26.2. The number of aliphatic hydroxyl groups is 2. The highest BCUT2D eigenvalue weighted by Crippen LogP contribution is 2.66. The molecule has 1 heterocycles. The summed E-state index contributed by atoms with van der Waals surface area (Å²) in [6.45, 7) is 11.9. The average Bonchev–Trinajstić information content (AvgIpc) is 2.93. The van der Waals surface area contributed by atoms with Gasteiger partial charge in [0.2, 0.25) is 0 Å². The molecule has 1 aromatic rings. The Morgan fingerprint density at radius 3 is 2.21 bits per heavy atom. The van der Waals surface area contributed by atoms with Gasteiger partial charge in [-0.25, -0.2) is 4.79 Å². The Kier molecular flexibility index (Phi) is 7.86. The van der Waals surface area contributed by atoms with Crippen LogP contribution in [0.5, 0.6) is 0 Å². The predicted molar refractivity (Wildman–Crippen MR) is 154 cm³/mol. The van der Waals surface area contributed by atoms with Crippen molar-refractivity contribution >= 4 is 17.9 Å². The van der Waals surface area contributed by atoms with Crippen molar-refractivity contribution in [3.05, 3.63) is 47.0 Å². The van der Waals surface area contributed by atoms with Gasteiger partial charge in [-0.15, -0.1) is 0 Å². The van der Waals surface area contributed by atoms with Crippen molar-refractivity contribution < 1.29 is 48.3 Å². The second kappa shape index (κ2) is 10.7. The maximum Gasteiger partial charge on any atom is 0.338 e. The van der Waals surface area contributed by atoms with E-state index in [4.69, 9.17) is 23.7 Å². The molecule has 3 fully saturated rings. The molecule has 7 unspecified atom stereocenters. The molecule has 1 aliphatic heterocycles. The minimum atomic E-state index is -1.88. The molecule has 43 heavy (non-hydrogen) atoms. The Bertz CT molecular complexity index is 1320. The molecule has 236 valence electrons. The number of benzene rings is 1. The first-order valence-electron chi connectivity index (χ1n) is 14.9. The van der Waals surface area contributed by atoms with Crippen LogP contribution in [0.15, 0.2) is 41.5 Å². The summed E-state index contributed by atoms with van der Waals surface area (Å²) in [6.07, 6.45) is -4.54. The predicted octanol–water partition coefficient (Wildman–Crippen LogP) is 3.37. The summed E-state index contributed by atoms with van der Waals surface area (Å²) in [7, 11) is 1.50. The Morgan fingerprint density at radius 2 is 1.67 bits per heavy atom. The second-order valence-electron chi connectivity index (χ2n) is 13.6. The third-order valence-corrected chi connectivity index (χ3v) is 11.2. The zero-order chi connectivity index (χ0) is 31.7. The molecular weight excluding hydrogens is 556 g/mol. The number of hydrogen-bond acceptors (Lipinski definition) is 10. The number of esters is 3. The maximum absolute atomic E-state index is 13.9. The first kappa shape index (κ1) is 31.6. The minimum absolute atomic E-state index is 0.000410. The largest absolute Gasteiger partial charge is 0.458 e. The molecule has 4 aliphatic rings. The molecule has 10 nitrogen and oxygen atoms in total. The van der Waals surface area contributed by atoms with Crippen molar-refractivity contribution in [3.63, 3.8) is 0 Å². The van der Waals surface area contributed by atoms with Crippen LogP contribution in [0.25, 0.3) is 0 Å². The van der Waals surface area contributed by atoms with Gasteiger partial charge in [0.25, 0.3) is 0 Å². The van der Waals surface area contributed by atoms with Gasteiger partial charge in [0.05, 0.1) is 24.2 Å². The molecule has 0 spiro atoms. The van der Waals surface area contributed by atoms with Crippen molar-refractivity contribution in [2.24, 2.45) is 22.7 Å². The second-order valence-corrected chi connectivity index (χ2v) is 13.6. The first-order valence-corrected chi connectivity index (χ1v) is 14.9. The zero-order valence-corrected chi connectivity index (χ0v) is 26.2. The molecule has 3 aliphatic carbocycles. The molecule has 10 heteroatoms. The van der Waals surface area contributed by atoms with Crippen LogP contribution in [0.1, 0.15) is 71.7 Å². The minimum Gasteiger partial charge on any atom is -0.458 e. The fraction of sp³-hybridized carbons (Fsp3) is 0.667. The number of methoxy groups -OCH3 is 1. The van der Waals surface area contributed by atoms with E-state index in [0.717, 1.165) is 0 Å². The van der Waals surface area contributed by atoms with Crippen LogP contribution in [0.4, 0.5) is 0 Å². The van der Waals surface area contributed by atoms with E-state index in [2.05, 4.69) is 0 Å². The maximum atomic E-state index is 13.9. The molecule has 2 saturated carbocycles. The van der Waals surface area contributed by atoms with Crippen molar-refractivity contribution in [1.29, 1.82) is 0 Å². The molecule has 10 atom stereocenters. The fourth-order valence-electron chi connectivity index (χ4n) is 8.72. The standard InChI is InChI=1S/C33H44O10/c1-17-14-23-32(16-40-23,43-20(4)35)26-28(42-29(37)21-12-10-9-11-13-21)33(38)15-22(41-19(3)34)18(2)24(30(33,5)6)25(39-8)27(36)31(17,26)7/h9-13,17,22-23,25-28,36,38H,14-16H2,1-8H3/t17-,22?,23?,25?,26?,27?,28?,31+,32-,33?/m0/s1. The Hall–Kier alpha value is -2.79. The molecule has 0 aromatic heterocycles. The number of carbonyl (C=O) groups excluding carboxylic acids is 3. The average molecular weight is 601 g/mol. The van der Waals surface area contributed by atoms with Gasteiger partial charge in [-0.1, -0.05) is 45.9 Å². The normalized spacial score (nSPS) is 41.4. The van der Waals surface area contributed by atoms with E-state index in [0.29, 0.717) is 17.6 Å². The Balaban J connectivity index is 1.83. The van der Waals surface area contributed by atoms with E-state index < -0.39 is 76.4 Å². The third kappa shape index (κ3) is 4.47. The lowest BCUT2D eigenvalue weighted by Crippen LogP contribution is -2.81. The quantitative estimate of drug-likeness (QED) is 0.294. The smallest absolute Gasteiger partial charge is 0.338 e. The number of ether oxygens (including phenoxy) is 5. The lowest BCUT2D eigenvalue weighted by Gasteiger charge is -2.69. The number of carbonyl (C=O) groups is 3. The van der Waals surface area contributed by atoms with Crippen molar-refractivity contribution in [3.8, 4) is 0 Å². The molecule has 0 radical (unpaired) electrons. The van der Waals surface area contributed by atoms with Gasteiger partial charge in [0.1, 0.15) is 30.0 Å². The summed E-state index contributed by atoms with van der Waals surface area (Å²) >= 11 is 0. The lowest BCUT2D eigenvalue weighted by molar-refractivity contribution is -0.359. The molecule has 1 saturated heterocycles. The number of aliphatic hydroxyl groups excluding tert-OH is 1. The van der Waals surface area contributed by atoms with Gasteiger partial charge in [0.15, 0.2) is 5.60 Å². The molecule has 0 amide bonds. The molecular formula is C33H44O10. The van der Waals surface area contributed by atoms with Gasteiger partial charge < -0.3 is 33.9 Å². The lowest BCUT2D eigenvalue weighted by atomic mass is 9.43. The highest BCUT2D eigenvalue weighted by molar-refractivity contribution is 5.89. The molecule has 2 bridgehead atoms. The summed E-state index contributed by atoms with van der Waals surface area (Å²) in [4.78, 5) is 38.9. The molecule has 2 N–H and O–H groups in total. The summed E-state index contributed by atoms with van der Waals surface area (Å²) in [5.74, 6) is -2.96. The van der Waals surface area contributed by atoms with Crippen molar-refractivity contribution in [2.75, 3.05) is 13.7 Å². The number of rotatable bonds is 5. The molecule has 1 aromatic carbocycles. The summed E-state index contributed by atoms with van der Waals surface area (Å²) < 4.78 is 30.4. The summed E-state index contributed by atoms with van der Waals surface area (Å²) in [5.41, 5.74) is -3.96. The SMILES string of the molecule is COC1C2=C(C)C(OC(C)=O)CC(O)(C(OC(=O)c3ccccc3)C3[C@]4(OC(C)=O)COC4C[C@H](C)[C@@]3(C)C1O)C2(C)C. The summed E-state index contributed by atoms with van der Waals surface area (Å²) in [6, 6.07) is 8.44. The Morgan fingerprint density at radius 1 is 1.02 bits per heavy atom. The van der Waals surface area contributed by atoms with Crippen LogP contribution < -0.4 is 0 Å². The number of hydrogen-bond donors (Lipinski definition) is 2. The topological polar surface area (TPSA) is 138 Å². The van der Waals surface area contributed by atoms with Crippen LogP contribution in [0, 0.1) is 22.7 Å². The third-order valence-electron chi connectivity index (χ3n) is 11.2. The van der Waals surface area contributed by atoms with E-state index >= 15 is 0 Å². The van der Waals surface area contributed by atoms with E-state index in [1.807, 2.05) is 34.6 Å². The van der Waals surface area contributed by atoms with Crippen LogP contribution in [-0.4, -0.2) is 83.6 Å². The van der Waals surface area contributed by atoms with Crippen LogP contribution in [0.2, 0.25) is 0 Å². The van der Waals surface area contributed by atoms with Crippen LogP contribution in [0.3, 0.4) is 0 Å². The van der Waals surface area contributed by atoms with E-state index in [9.17, 15) is 24.6 Å². The highest BCUT2D eigenvalue weighted by atomic mass is 16.6. The number of fused-ring (bicyclic) bond motifs is 5. The van der Waals surface area contributed by atoms with Crippen molar-refractivity contribution in [2.45, 2.75) is 103 Å². The summed E-state index contributed by atoms with van der Waals surface area (Å²) in [5, 5.41) is 25.7. The van der Waals surface area contributed by atoms with Gasteiger partial charge >= 0.3 is 17.9 Å². The van der Waals surface area contributed by atoms with E-state index in [-0.39, 0.29) is 24.5 Å². The van der Waals surface area contributed by atoms with Gasteiger partial charge in [0, 0.05) is 38.2 Å². The van der Waals surface area contributed by atoms with E-state index in [1.165, 1.54) is 21.0 Å². The fourth-order valence-corrected chi connectivity index (χ4v) is 8.72. The van der Waals surface area contributed by atoms with E-state index in [1.54, 1.807) is 30.3 Å². The van der Waals surface area contributed by atoms with Crippen LogP contribution >= 0.6 is 0 Å². The van der Waals surface area contributed by atoms with Crippen molar-refractivity contribution in [1.82, 2.24) is 0 Å². The van der Waals surface area contributed by atoms with Crippen LogP contribution in [-0.2, 0) is 33.3 Å². The van der Waals surface area contributed by atoms with Gasteiger partial charge in [-0.05, 0) is 42.5 Å². The monoisotopic (exact) mass is 600 g/mol. The molecule has 5 rings (SSSR count). The first-order chi connectivity index (χ1) is 20.1. The highest BCUT2D eigenvalue weighted by Gasteiger charge is 2.77. The van der Waals surface area contributed by atoms with Gasteiger partial charge in [-0.2, -0.15) is 0 Å². The Labute approximate surface area is 252 Å².